The first kappa shape index (κ1) is 55.3. The van der Waals surface area contributed by atoms with Crippen LogP contribution in [0.2, 0.25) is 0 Å². The maximum Gasteiger partial charge on any atom is 0.0541 e. The van der Waals surface area contributed by atoms with Crippen molar-refractivity contribution in [2.45, 2.75) is 25.2 Å². The molecule has 0 spiro atoms. The van der Waals surface area contributed by atoms with Crippen LogP contribution in [-0.4, -0.2) is 4.57 Å². The molecule has 15 rings (SSSR count). The minimum absolute atomic E-state index is 0.366. The van der Waals surface area contributed by atoms with Gasteiger partial charge in [-0.1, -0.05) is 280 Å². The summed E-state index contributed by atoms with van der Waals surface area (Å²) >= 11 is 0. The first-order valence-electron chi connectivity index (χ1n) is 31.4. The Kier molecular flexibility index (Phi) is 15.2. The number of benzene rings is 14. The predicted molar refractivity (Wildman–Crippen MR) is 383 cm³/mol. The molecule has 1 aromatic heterocycles. The number of nitrogens with zero attached hydrogens (tertiary/aromatic N) is 2. The van der Waals surface area contributed by atoms with Crippen molar-refractivity contribution in [3.63, 3.8) is 0 Å². The Morgan fingerprint density at radius 2 is 0.711 bits per heavy atom. The molecule has 0 fully saturated rings. The highest BCUT2D eigenvalue weighted by Crippen LogP contribution is 2.41. The molecule has 0 aliphatic carbocycles. The molecule has 0 saturated carbocycles. The molecule has 428 valence electrons. The monoisotopic (exact) mass is 1150 g/mol. The van der Waals surface area contributed by atoms with Gasteiger partial charge in [-0.3, -0.25) is 0 Å². The van der Waals surface area contributed by atoms with Crippen molar-refractivity contribution in [3.05, 3.63) is 369 Å². The van der Waals surface area contributed by atoms with Crippen molar-refractivity contribution >= 4 is 55.7 Å². The summed E-state index contributed by atoms with van der Waals surface area (Å²) in [6.07, 6.45) is 4.90. The molecule has 14 aromatic carbocycles. The Hall–Kier alpha value is -11.3. The normalized spacial score (nSPS) is 11.7. The van der Waals surface area contributed by atoms with Gasteiger partial charge in [-0.15, -0.1) is 0 Å². The molecular weight excluding hydrogens is 1080 g/mol. The van der Waals surface area contributed by atoms with Gasteiger partial charge in [0.2, 0.25) is 0 Å². The lowest BCUT2D eigenvalue weighted by molar-refractivity contribution is 0.621. The number of hydrogen-bond acceptors (Lipinski definition) is 1. The van der Waals surface area contributed by atoms with Crippen molar-refractivity contribution < 1.29 is 0 Å². The van der Waals surface area contributed by atoms with Gasteiger partial charge in [-0.2, -0.15) is 0 Å². The van der Waals surface area contributed by atoms with Gasteiger partial charge in [-0.25, -0.2) is 0 Å². The summed E-state index contributed by atoms with van der Waals surface area (Å²) in [5, 5.41) is 4.84. The van der Waals surface area contributed by atoms with Crippen LogP contribution in [0, 0.1) is 0 Å². The van der Waals surface area contributed by atoms with Crippen molar-refractivity contribution in [2.24, 2.45) is 0 Å². The van der Waals surface area contributed by atoms with Crippen LogP contribution in [0.15, 0.2) is 346 Å². The third-order valence-electron chi connectivity index (χ3n) is 18.2. The topological polar surface area (TPSA) is 8.17 Å². The Morgan fingerprint density at radius 1 is 0.311 bits per heavy atom. The lowest BCUT2D eigenvalue weighted by atomic mass is 9.86. The van der Waals surface area contributed by atoms with E-state index in [1.165, 1.54) is 116 Å². The molecular formula is C88H66N2. The highest BCUT2D eigenvalue weighted by atomic mass is 15.1. The van der Waals surface area contributed by atoms with Gasteiger partial charge in [0.15, 0.2) is 0 Å². The van der Waals surface area contributed by atoms with E-state index in [1.54, 1.807) is 0 Å². The molecule has 1 heterocycles. The SMILES string of the molecule is C=Cc1ccc(-n2c3ccccc3c3cc(-c4ccc5cc(N(c6ccc(-c7ccc(CCC(Cc8ccc(-c9ccccc9)cc8)c8ccc(-c9ccccc9)cc8)cc7)cc6)c6ccc(-c7ccc(-c8ccccc8)cc7)cc6)ccc5c4)ccc32)cc1. The van der Waals surface area contributed by atoms with Crippen LogP contribution in [0.5, 0.6) is 0 Å². The van der Waals surface area contributed by atoms with E-state index in [4.69, 9.17) is 0 Å². The fourth-order valence-electron chi connectivity index (χ4n) is 13.2. The summed E-state index contributed by atoms with van der Waals surface area (Å²) in [5.74, 6) is 0.366. The smallest absolute Gasteiger partial charge is 0.0541 e. The second-order valence-corrected chi connectivity index (χ2v) is 23.7. The van der Waals surface area contributed by atoms with Crippen molar-refractivity contribution in [1.29, 1.82) is 0 Å². The minimum Gasteiger partial charge on any atom is -0.310 e. The van der Waals surface area contributed by atoms with E-state index in [0.29, 0.717) is 5.92 Å². The highest BCUT2D eigenvalue weighted by molar-refractivity contribution is 6.10. The minimum atomic E-state index is 0.366. The lowest BCUT2D eigenvalue weighted by Crippen LogP contribution is -2.09. The van der Waals surface area contributed by atoms with Gasteiger partial charge in [0.05, 0.1) is 11.0 Å². The Bertz CT molecular complexity index is 4950. The van der Waals surface area contributed by atoms with Gasteiger partial charge in [0.25, 0.3) is 0 Å². The van der Waals surface area contributed by atoms with Gasteiger partial charge < -0.3 is 9.47 Å². The number of hydrogen-bond donors (Lipinski definition) is 0. The fraction of sp³-hybridized carbons (Fsp3) is 0.0455. The first-order valence-corrected chi connectivity index (χ1v) is 31.4. The highest BCUT2D eigenvalue weighted by Gasteiger charge is 2.19. The van der Waals surface area contributed by atoms with Crippen LogP contribution in [-0.2, 0) is 12.8 Å². The van der Waals surface area contributed by atoms with E-state index < -0.39 is 0 Å². The second-order valence-electron chi connectivity index (χ2n) is 23.7. The zero-order valence-corrected chi connectivity index (χ0v) is 50.2. The molecule has 90 heavy (non-hydrogen) atoms. The Labute approximate surface area is 528 Å². The molecule has 0 aliphatic heterocycles. The average molecular weight is 1150 g/mol. The van der Waals surface area contributed by atoms with Crippen LogP contribution in [0.1, 0.15) is 34.6 Å². The van der Waals surface area contributed by atoms with Crippen LogP contribution < -0.4 is 4.90 Å². The Morgan fingerprint density at radius 3 is 1.26 bits per heavy atom. The molecule has 1 unspecified atom stereocenters. The number of aryl methyl sites for hydroxylation is 1. The summed E-state index contributed by atoms with van der Waals surface area (Å²) < 4.78 is 2.37. The summed E-state index contributed by atoms with van der Waals surface area (Å²) in [6, 6.07) is 125. The molecule has 1 atom stereocenters. The maximum absolute atomic E-state index is 3.97. The lowest BCUT2D eigenvalue weighted by Gasteiger charge is -2.26. The van der Waals surface area contributed by atoms with Gasteiger partial charge in [0, 0.05) is 33.5 Å². The van der Waals surface area contributed by atoms with Crippen LogP contribution >= 0.6 is 0 Å². The average Bonchev–Trinajstić information content (AvgIpc) is 1.68. The summed E-state index contributed by atoms with van der Waals surface area (Å²) in [5.41, 5.74) is 26.5. The van der Waals surface area contributed by atoms with E-state index >= 15 is 0 Å². The number of rotatable bonds is 17. The standard InChI is InChI=1S/C88H66N2/c1-2-62-27-50-83(51-28-62)90-87-21-13-12-20-85(87)86-61-80(49-57-88(86)90)77-42-43-79-60-84(56-48-78(79)59-77)89(82-54-46-74(47-55-82)72-36-34-70(35-37-72)66-16-8-4-9-17-66)81-52-44-73(45-53-81)69-29-22-63(23-30-69)24-33-76(75-40-38-71(39-41-75)67-18-10-5-11-19-67)58-64-25-31-68(32-26-64)65-14-6-3-7-15-65/h2-23,25-32,34-57,59-61,76H,1,24,33,58H2. The number of para-hydroxylation sites is 1. The van der Waals surface area contributed by atoms with E-state index in [0.717, 1.165) is 47.6 Å². The molecule has 0 amide bonds. The van der Waals surface area contributed by atoms with Crippen molar-refractivity contribution in [2.75, 3.05) is 4.90 Å². The Balaban J connectivity index is 0.705. The maximum atomic E-state index is 3.97. The van der Waals surface area contributed by atoms with Crippen molar-refractivity contribution in [3.8, 4) is 72.4 Å². The molecule has 2 nitrogen and oxygen atoms in total. The fourth-order valence-corrected chi connectivity index (χ4v) is 13.2. The van der Waals surface area contributed by atoms with Crippen LogP contribution in [0.25, 0.3) is 111 Å². The van der Waals surface area contributed by atoms with Crippen molar-refractivity contribution in [1.82, 2.24) is 4.57 Å². The largest absolute Gasteiger partial charge is 0.310 e. The molecule has 0 bridgehead atoms. The number of aromatic nitrogens is 1. The molecule has 0 aliphatic rings. The van der Waals surface area contributed by atoms with E-state index in [9.17, 15) is 0 Å². The van der Waals surface area contributed by atoms with E-state index in [2.05, 4.69) is 356 Å². The zero-order valence-electron chi connectivity index (χ0n) is 50.2. The predicted octanol–water partition coefficient (Wildman–Crippen LogP) is 24.0. The second kappa shape index (κ2) is 24.8. The molecule has 0 radical (unpaired) electrons. The van der Waals surface area contributed by atoms with Gasteiger partial charge in [0.1, 0.15) is 0 Å². The van der Waals surface area contributed by atoms with E-state index in [-0.39, 0.29) is 0 Å². The number of fused-ring (bicyclic) bond motifs is 4. The summed E-state index contributed by atoms with van der Waals surface area (Å²) in [6.45, 7) is 3.97. The molecule has 2 heteroatoms. The third kappa shape index (κ3) is 11.5. The quantitative estimate of drug-likeness (QED) is 0.0882. The molecule has 0 saturated heterocycles. The number of anilines is 3. The molecule has 15 aromatic rings. The van der Waals surface area contributed by atoms with E-state index in [1.807, 2.05) is 6.08 Å². The first-order chi connectivity index (χ1) is 44.5. The van der Waals surface area contributed by atoms with Crippen LogP contribution in [0.4, 0.5) is 17.1 Å². The molecule has 0 N–H and O–H groups in total. The third-order valence-corrected chi connectivity index (χ3v) is 18.2. The summed E-state index contributed by atoms with van der Waals surface area (Å²) in [4.78, 5) is 2.39. The van der Waals surface area contributed by atoms with Crippen LogP contribution in [0.3, 0.4) is 0 Å². The van der Waals surface area contributed by atoms with Gasteiger partial charge >= 0.3 is 0 Å². The van der Waals surface area contributed by atoms with Gasteiger partial charge in [-0.05, 0) is 198 Å². The zero-order chi connectivity index (χ0) is 60.2. The summed E-state index contributed by atoms with van der Waals surface area (Å²) in [7, 11) is 0.